The van der Waals surface area contributed by atoms with Gasteiger partial charge in [0.1, 0.15) is 0 Å². The minimum Gasteiger partial charge on any atom is -0.376 e. The van der Waals surface area contributed by atoms with Crippen LogP contribution in [-0.4, -0.2) is 33.8 Å². The molecule has 1 aliphatic carbocycles. The third kappa shape index (κ3) is 6.58. The molecule has 0 aliphatic heterocycles. The number of Topliss-reactive ketones (excluding diaryl/α,β-unsaturated/α-hetero) is 4. The van der Waals surface area contributed by atoms with Gasteiger partial charge in [0.25, 0.3) is 0 Å². The van der Waals surface area contributed by atoms with Crippen LogP contribution in [0.1, 0.15) is 73.6 Å². The van der Waals surface area contributed by atoms with E-state index in [0.29, 0.717) is 12.8 Å². The SMILES string of the molecule is CC(C)CCC(=O)[C@]1(O)C(=O)[C-](C(=O)CC(C)C)C(=O)[C@H]1CCC(C)C.[K+]. The fourth-order valence-electron chi connectivity index (χ4n) is 3.33. The van der Waals surface area contributed by atoms with Crippen LogP contribution < -0.4 is 51.4 Å². The van der Waals surface area contributed by atoms with Crippen molar-refractivity contribution in [2.45, 2.75) is 79.2 Å². The number of aliphatic hydroxyl groups is 1. The molecule has 0 amide bonds. The van der Waals surface area contributed by atoms with Crippen molar-refractivity contribution in [3.63, 3.8) is 0 Å². The van der Waals surface area contributed by atoms with Crippen molar-refractivity contribution >= 4 is 23.1 Å². The van der Waals surface area contributed by atoms with E-state index in [1.54, 1.807) is 0 Å². The molecule has 0 aromatic rings. The number of carbonyl (C=O) groups excluding carboxylic acids is 4. The molecule has 5 nitrogen and oxygen atoms in total. The second-order valence-electron chi connectivity index (χ2n) is 8.74. The van der Waals surface area contributed by atoms with Gasteiger partial charge in [-0.05, 0) is 37.0 Å². The molecule has 148 valence electrons. The third-order valence-electron chi connectivity index (χ3n) is 4.92. The Labute approximate surface area is 205 Å². The van der Waals surface area contributed by atoms with E-state index in [0.717, 1.165) is 0 Å². The standard InChI is InChI=1S/C21H33O5.K/c1-12(2)7-9-15-19(24)18(16(22)11-14(5)6)20(25)21(15,26)17(23)10-8-13(3)4;/h12-15,26H,7-11H2,1-6H3;/q-1;+1/t15-,21+;/m1./s1. The summed E-state index contributed by atoms with van der Waals surface area (Å²) in [4.78, 5) is 50.8. The first kappa shape index (κ1) is 27.1. The van der Waals surface area contributed by atoms with E-state index < -0.39 is 40.6 Å². The molecule has 6 heteroatoms. The average Bonchev–Trinajstić information content (AvgIpc) is 2.69. The summed E-state index contributed by atoms with van der Waals surface area (Å²) >= 11 is 0. The molecule has 1 saturated carbocycles. The normalized spacial score (nSPS) is 22.7. The van der Waals surface area contributed by atoms with Gasteiger partial charge in [0.05, 0.1) is 5.78 Å². The number of hydrogen-bond acceptors (Lipinski definition) is 5. The minimum absolute atomic E-state index is 0. The molecule has 0 radical (unpaired) electrons. The van der Waals surface area contributed by atoms with E-state index in [1.165, 1.54) is 0 Å². The van der Waals surface area contributed by atoms with Gasteiger partial charge in [-0.2, -0.15) is 5.92 Å². The summed E-state index contributed by atoms with van der Waals surface area (Å²) in [6.07, 6.45) is 1.42. The molecule has 0 saturated heterocycles. The maximum absolute atomic E-state index is 12.9. The van der Waals surface area contributed by atoms with Crippen LogP contribution in [-0.2, 0) is 19.2 Å². The van der Waals surface area contributed by atoms with Crippen molar-refractivity contribution in [2.24, 2.45) is 23.7 Å². The molecule has 2 atom stereocenters. The van der Waals surface area contributed by atoms with E-state index >= 15 is 0 Å². The van der Waals surface area contributed by atoms with Gasteiger partial charge in [0, 0.05) is 23.9 Å². The topological polar surface area (TPSA) is 88.5 Å². The Kier molecular flexibility index (Phi) is 11.4. The second kappa shape index (κ2) is 11.4. The van der Waals surface area contributed by atoms with Gasteiger partial charge in [0.2, 0.25) is 0 Å². The van der Waals surface area contributed by atoms with E-state index in [4.69, 9.17) is 0 Å². The molecule has 27 heavy (non-hydrogen) atoms. The third-order valence-corrected chi connectivity index (χ3v) is 4.92. The Hall–Kier alpha value is 0.146. The molecule has 1 N–H and O–H groups in total. The Bertz CT molecular complexity index is 567. The monoisotopic (exact) mass is 404 g/mol. The van der Waals surface area contributed by atoms with Crippen molar-refractivity contribution in [3.05, 3.63) is 5.92 Å². The number of ketones is 4. The maximum atomic E-state index is 12.9. The summed E-state index contributed by atoms with van der Waals surface area (Å²) in [5.41, 5.74) is -2.37. The van der Waals surface area contributed by atoms with Crippen molar-refractivity contribution in [3.8, 4) is 0 Å². The second-order valence-corrected chi connectivity index (χ2v) is 8.74. The maximum Gasteiger partial charge on any atom is 1.00 e. The van der Waals surface area contributed by atoms with Crippen molar-refractivity contribution < 1.29 is 75.7 Å². The Morgan fingerprint density at radius 3 is 1.96 bits per heavy atom. The summed E-state index contributed by atoms with van der Waals surface area (Å²) < 4.78 is 0. The van der Waals surface area contributed by atoms with Gasteiger partial charge in [-0.15, -0.1) is 0 Å². The van der Waals surface area contributed by atoms with Gasteiger partial charge in [-0.1, -0.05) is 48.0 Å². The number of hydrogen-bond donors (Lipinski definition) is 1. The molecular formula is C21H33KO5. The van der Waals surface area contributed by atoms with E-state index in [2.05, 4.69) is 0 Å². The van der Waals surface area contributed by atoms with Gasteiger partial charge in [-0.3, -0.25) is 4.79 Å². The molecule has 0 bridgehead atoms. The fraction of sp³-hybridized carbons (Fsp3) is 0.762. The average molecular weight is 405 g/mol. The van der Waals surface area contributed by atoms with Gasteiger partial charge < -0.3 is 19.5 Å². The van der Waals surface area contributed by atoms with Crippen molar-refractivity contribution in [1.29, 1.82) is 0 Å². The number of rotatable bonds is 10. The van der Waals surface area contributed by atoms with Crippen LogP contribution in [0, 0.1) is 29.6 Å². The van der Waals surface area contributed by atoms with E-state index in [9.17, 15) is 24.3 Å². The van der Waals surface area contributed by atoms with Gasteiger partial charge in [-0.25, -0.2) is 0 Å². The fourth-order valence-corrected chi connectivity index (χ4v) is 3.33. The van der Waals surface area contributed by atoms with Crippen LogP contribution in [0.25, 0.3) is 0 Å². The molecule has 0 heterocycles. The molecule has 0 aromatic heterocycles. The molecule has 0 spiro atoms. The first-order chi connectivity index (χ1) is 11.9. The van der Waals surface area contributed by atoms with Crippen LogP contribution in [0.4, 0.5) is 0 Å². The van der Waals surface area contributed by atoms with Crippen LogP contribution in [0.5, 0.6) is 0 Å². The first-order valence-corrected chi connectivity index (χ1v) is 9.67. The zero-order chi connectivity index (χ0) is 20.2. The van der Waals surface area contributed by atoms with Crippen molar-refractivity contribution in [2.75, 3.05) is 0 Å². The Morgan fingerprint density at radius 2 is 1.52 bits per heavy atom. The van der Waals surface area contributed by atoms with Crippen molar-refractivity contribution in [1.82, 2.24) is 0 Å². The zero-order valence-electron chi connectivity index (χ0n) is 17.9. The smallest absolute Gasteiger partial charge is 0.376 e. The largest absolute Gasteiger partial charge is 1.00 e. The molecule has 0 aromatic carbocycles. The summed E-state index contributed by atoms with van der Waals surface area (Å²) in [5.74, 6) is -3.97. The Morgan fingerprint density at radius 1 is 1.00 bits per heavy atom. The summed E-state index contributed by atoms with van der Waals surface area (Å²) in [5, 5.41) is 11.0. The van der Waals surface area contributed by atoms with Gasteiger partial charge >= 0.3 is 51.4 Å². The van der Waals surface area contributed by atoms with Crippen LogP contribution in [0.3, 0.4) is 0 Å². The predicted molar refractivity (Wildman–Crippen MR) is 99.3 cm³/mol. The molecule has 1 fully saturated rings. The molecular weight excluding hydrogens is 371 g/mol. The van der Waals surface area contributed by atoms with Crippen LogP contribution in [0.2, 0.25) is 0 Å². The minimum atomic E-state index is -2.37. The summed E-state index contributed by atoms with van der Waals surface area (Å²) in [6, 6.07) is 0. The summed E-state index contributed by atoms with van der Waals surface area (Å²) in [6.45, 7) is 11.5. The molecule has 1 rings (SSSR count). The van der Waals surface area contributed by atoms with Gasteiger partial charge in [0.15, 0.2) is 11.4 Å². The summed E-state index contributed by atoms with van der Waals surface area (Å²) in [7, 11) is 0. The first-order valence-electron chi connectivity index (χ1n) is 9.67. The Balaban J connectivity index is 0.00000676. The molecule has 0 unspecified atom stereocenters. The van der Waals surface area contributed by atoms with E-state index in [1.807, 2.05) is 41.5 Å². The van der Waals surface area contributed by atoms with Crippen LogP contribution >= 0.6 is 0 Å². The molecule has 1 aliphatic rings. The quantitative estimate of drug-likeness (QED) is 0.317. The zero-order valence-corrected chi connectivity index (χ0v) is 21.0. The van der Waals surface area contributed by atoms with Crippen LogP contribution in [0.15, 0.2) is 0 Å². The number of carbonyl (C=O) groups is 4. The predicted octanol–water partition coefficient (Wildman–Crippen LogP) is 0.121. The van der Waals surface area contributed by atoms with E-state index in [-0.39, 0.29) is 88.4 Å².